The Morgan fingerprint density at radius 2 is 1.63 bits per heavy atom. The van der Waals surface area contributed by atoms with E-state index in [1.165, 1.54) is 0 Å². The first-order chi connectivity index (χ1) is 8.79. The van der Waals surface area contributed by atoms with E-state index in [4.69, 9.17) is 44.7 Å². The number of sulfonamides is 1. The first-order valence-electron chi connectivity index (χ1n) is 5.57. The molecule has 0 unspecified atom stereocenters. The molecule has 8 heteroatoms. The van der Waals surface area contributed by atoms with Crippen LogP contribution in [0.15, 0.2) is 12.1 Å². The number of halogens is 3. The Morgan fingerprint density at radius 3 is 2.16 bits per heavy atom. The number of benzene rings is 1. The molecular weight excluding hydrogens is 333 g/mol. The highest BCUT2D eigenvalue weighted by Crippen LogP contribution is 2.35. The van der Waals surface area contributed by atoms with Gasteiger partial charge in [0.2, 0.25) is 10.0 Å². The summed E-state index contributed by atoms with van der Waals surface area (Å²) in [6.07, 6.45) is 1.88. The molecule has 0 atom stereocenters. The lowest BCUT2D eigenvalue weighted by molar-refractivity contribution is 0.306. The lowest BCUT2D eigenvalue weighted by atomic mass is 10.2. The van der Waals surface area contributed by atoms with Crippen LogP contribution in [0.2, 0.25) is 15.1 Å². The number of hydrogen-bond donors (Lipinski definition) is 1. The van der Waals surface area contributed by atoms with E-state index in [0.717, 1.165) is 0 Å². The molecule has 0 amide bonds. The van der Waals surface area contributed by atoms with E-state index in [-0.39, 0.29) is 5.75 Å². The molecule has 1 rings (SSSR count). The van der Waals surface area contributed by atoms with Crippen molar-refractivity contribution in [2.24, 2.45) is 5.14 Å². The van der Waals surface area contributed by atoms with Crippen molar-refractivity contribution in [2.45, 2.75) is 19.3 Å². The molecule has 1 aromatic rings. The third kappa shape index (κ3) is 6.68. The molecule has 0 aromatic heterocycles. The van der Waals surface area contributed by atoms with E-state index in [9.17, 15) is 8.42 Å². The number of unbranched alkanes of at least 4 members (excludes halogenated alkanes) is 2. The van der Waals surface area contributed by atoms with Crippen LogP contribution in [0, 0.1) is 0 Å². The Hall–Kier alpha value is -0.200. The van der Waals surface area contributed by atoms with Crippen LogP contribution in [0.4, 0.5) is 0 Å². The summed E-state index contributed by atoms with van der Waals surface area (Å²) in [7, 11) is -3.38. The maximum Gasteiger partial charge on any atom is 0.209 e. The van der Waals surface area contributed by atoms with E-state index in [0.29, 0.717) is 46.7 Å². The fraction of sp³-hybridized carbons (Fsp3) is 0.455. The van der Waals surface area contributed by atoms with Crippen molar-refractivity contribution in [3.8, 4) is 5.75 Å². The van der Waals surface area contributed by atoms with Crippen LogP contribution >= 0.6 is 34.8 Å². The van der Waals surface area contributed by atoms with Crippen LogP contribution in [-0.4, -0.2) is 20.8 Å². The molecule has 0 fully saturated rings. The fourth-order valence-corrected chi connectivity index (χ4v) is 2.96. The van der Waals surface area contributed by atoms with Crippen molar-refractivity contribution >= 4 is 44.8 Å². The molecule has 0 aliphatic heterocycles. The molecule has 0 spiro atoms. The third-order valence-corrected chi connectivity index (χ3v) is 3.92. The van der Waals surface area contributed by atoms with Crippen LogP contribution in [0.3, 0.4) is 0 Å². The molecular formula is C11H14Cl3NO3S. The molecule has 2 N–H and O–H groups in total. The monoisotopic (exact) mass is 345 g/mol. The minimum absolute atomic E-state index is 0.0184. The van der Waals surface area contributed by atoms with E-state index in [1.54, 1.807) is 12.1 Å². The first-order valence-corrected chi connectivity index (χ1v) is 8.42. The zero-order valence-corrected chi connectivity index (χ0v) is 13.1. The average molecular weight is 347 g/mol. The van der Waals surface area contributed by atoms with Crippen molar-refractivity contribution in [2.75, 3.05) is 12.4 Å². The van der Waals surface area contributed by atoms with Gasteiger partial charge in [0.15, 0.2) is 5.75 Å². The van der Waals surface area contributed by atoms with Gasteiger partial charge in [-0.1, -0.05) is 34.8 Å². The highest BCUT2D eigenvalue weighted by Gasteiger charge is 2.09. The predicted molar refractivity (Wildman–Crippen MR) is 78.8 cm³/mol. The highest BCUT2D eigenvalue weighted by atomic mass is 35.5. The third-order valence-electron chi connectivity index (χ3n) is 2.28. The summed E-state index contributed by atoms with van der Waals surface area (Å²) in [5.41, 5.74) is 0. The van der Waals surface area contributed by atoms with Crippen LogP contribution in [-0.2, 0) is 10.0 Å². The van der Waals surface area contributed by atoms with Gasteiger partial charge in [0.25, 0.3) is 0 Å². The maximum absolute atomic E-state index is 10.7. The van der Waals surface area contributed by atoms with Crippen molar-refractivity contribution in [1.82, 2.24) is 0 Å². The Balaban J connectivity index is 2.34. The van der Waals surface area contributed by atoms with Gasteiger partial charge in [-0.25, -0.2) is 13.6 Å². The molecule has 0 saturated heterocycles. The smallest absolute Gasteiger partial charge is 0.209 e. The number of ether oxygens (including phenoxy) is 1. The van der Waals surface area contributed by atoms with Crippen LogP contribution in [0.25, 0.3) is 0 Å². The van der Waals surface area contributed by atoms with Crippen molar-refractivity contribution in [3.63, 3.8) is 0 Å². The second kappa shape index (κ2) is 7.55. The predicted octanol–water partition coefficient (Wildman–Crippen LogP) is 3.48. The Labute approximate surface area is 127 Å². The standard InChI is InChI=1S/C11H14Cl3NO3S/c12-8-6-9(13)11(10(14)7-8)18-4-2-1-3-5-19(15,16)17/h6-7H,1-5H2,(H2,15,16,17). The zero-order valence-electron chi connectivity index (χ0n) is 10.0. The fourth-order valence-electron chi connectivity index (χ4n) is 1.42. The van der Waals surface area contributed by atoms with Gasteiger partial charge in [0.05, 0.1) is 22.4 Å². The summed E-state index contributed by atoms with van der Waals surface area (Å²) < 4.78 is 26.9. The minimum atomic E-state index is -3.38. The van der Waals surface area contributed by atoms with Crippen molar-refractivity contribution in [3.05, 3.63) is 27.2 Å². The highest BCUT2D eigenvalue weighted by molar-refractivity contribution is 7.89. The van der Waals surface area contributed by atoms with E-state index in [1.807, 2.05) is 0 Å². The summed E-state index contributed by atoms with van der Waals surface area (Å²) in [5.74, 6) is 0.370. The van der Waals surface area contributed by atoms with Gasteiger partial charge < -0.3 is 4.74 Å². The molecule has 0 heterocycles. The SMILES string of the molecule is NS(=O)(=O)CCCCCOc1c(Cl)cc(Cl)cc1Cl. The molecule has 0 saturated carbocycles. The average Bonchev–Trinajstić information content (AvgIpc) is 2.24. The van der Waals surface area contributed by atoms with Crippen LogP contribution in [0.1, 0.15) is 19.3 Å². The van der Waals surface area contributed by atoms with Crippen molar-refractivity contribution < 1.29 is 13.2 Å². The van der Waals surface area contributed by atoms with Gasteiger partial charge in [-0.2, -0.15) is 0 Å². The Morgan fingerprint density at radius 1 is 1.05 bits per heavy atom. The zero-order chi connectivity index (χ0) is 14.5. The summed E-state index contributed by atoms with van der Waals surface area (Å²) in [5, 5.41) is 6.03. The maximum atomic E-state index is 10.7. The largest absolute Gasteiger partial charge is 0.490 e. The summed E-state index contributed by atoms with van der Waals surface area (Å²) in [6.45, 7) is 0.395. The van der Waals surface area contributed by atoms with E-state index < -0.39 is 10.0 Å². The van der Waals surface area contributed by atoms with Gasteiger partial charge in [-0.15, -0.1) is 0 Å². The Bertz CT molecular complexity index is 511. The first kappa shape index (κ1) is 16.9. The molecule has 0 aliphatic rings. The molecule has 0 aliphatic carbocycles. The summed E-state index contributed by atoms with van der Waals surface area (Å²) in [6, 6.07) is 3.09. The van der Waals surface area contributed by atoms with Crippen LogP contribution < -0.4 is 9.88 Å². The number of primary sulfonamides is 1. The number of nitrogens with two attached hydrogens (primary N) is 1. The van der Waals surface area contributed by atoms with E-state index >= 15 is 0 Å². The Kier molecular flexibility index (Phi) is 6.69. The summed E-state index contributed by atoms with van der Waals surface area (Å²) >= 11 is 17.7. The van der Waals surface area contributed by atoms with Gasteiger partial charge >= 0.3 is 0 Å². The molecule has 4 nitrogen and oxygen atoms in total. The van der Waals surface area contributed by atoms with Crippen molar-refractivity contribution in [1.29, 1.82) is 0 Å². The second-order valence-corrected chi connectivity index (χ2v) is 6.96. The summed E-state index contributed by atoms with van der Waals surface area (Å²) in [4.78, 5) is 0. The lowest BCUT2D eigenvalue weighted by Crippen LogP contribution is -2.16. The second-order valence-electron chi connectivity index (χ2n) is 3.97. The van der Waals surface area contributed by atoms with Gasteiger partial charge in [-0.05, 0) is 31.4 Å². The number of rotatable bonds is 7. The van der Waals surface area contributed by atoms with Gasteiger partial charge in [-0.3, -0.25) is 0 Å². The topological polar surface area (TPSA) is 69.4 Å². The van der Waals surface area contributed by atoms with Gasteiger partial charge in [0.1, 0.15) is 0 Å². The molecule has 108 valence electrons. The van der Waals surface area contributed by atoms with Gasteiger partial charge in [0, 0.05) is 5.02 Å². The molecule has 0 bridgehead atoms. The lowest BCUT2D eigenvalue weighted by Gasteiger charge is -2.10. The molecule has 1 aromatic carbocycles. The van der Waals surface area contributed by atoms with Crippen LogP contribution in [0.5, 0.6) is 5.75 Å². The molecule has 19 heavy (non-hydrogen) atoms. The quantitative estimate of drug-likeness (QED) is 0.768. The normalized spacial score (nSPS) is 11.6. The minimum Gasteiger partial charge on any atom is -0.490 e. The number of hydrogen-bond acceptors (Lipinski definition) is 3. The van der Waals surface area contributed by atoms with E-state index in [2.05, 4.69) is 0 Å². The molecule has 0 radical (unpaired) electrons.